The van der Waals surface area contributed by atoms with Gasteiger partial charge in [-0.15, -0.1) is 0 Å². The van der Waals surface area contributed by atoms with Crippen molar-refractivity contribution in [2.24, 2.45) is 0 Å². The first-order valence-electron chi connectivity index (χ1n) is 4.00. The second-order valence-electron chi connectivity index (χ2n) is 2.31. The van der Waals surface area contributed by atoms with Gasteiger partial charge < -0.3 is 0 Å². The number of hydrogen-bond acceptors (Lipinski definition) is 0. The van der Waals surface area contributed by atoms with E-state index in [4.69, 9.17) is 0 Å². The molecule has 13 heavy (non-hydrogen) atoms. The summed E-state index contributed by atoms with van der Waals surface area (Å²) in [7, 11) is 0. The maximum Gasteiger partial charge on any atom is 0 e. The largest absolute Gasteiger partial charge is 0.0312 e. The topological polar surface area (TPSA) is 0 Å². The Balaban J connectivity index is 0.000000215. The quantitative estimate of drug-likeness (QED) is 0.595. The van der Waals surface area contributed by atoms with E-state index in [1.807, 2.05) is 77.0 Å². The SMILES string of the molecule is [CH]1[CH][CH][CH][CH]1.[CH]1[CH][CH][CH][CH][CH][CH]1.[W]. The van der Waals surface area contributed by atoms with Crippen LogP contribution in [-0.2, 0) is 21.1 Å². The third-order valence-corrected chi connectivity index (χ3v) is 1.33. The summed E-state index contributed by atoms with van der Waals surface area (Å²) in [6, 6.07) is 0. The maximum absolute atomic E-state index is 2.00. The Hall–Kier alpha value is 0.688. The molecule has 0 spiro atoms. The molecular weight excluding hydrogens is 328 g/mol. The molecule has 0 bridgehead atoms. The third kappa shape index (κ3) is 9.00. The van der Waals surface area contributed by atoms with E-state index in [1.54, 1.807) is 0 Å². The molecule has 12 radical (unpaired) electrons. The maximum atomic E-state index is 2.00. The van der Waals surface area contributed by atoms with E-state index in [-0.39, 0.29) is 21.1 Å². The number of hydrogen-bond donors (Lipinski definition) is 0. The smallest absolute Gasteiger partial charge is 0 e. The van der Waals surface area contributed by atoms with Crippen molar-refractivity contribution in [2.45, 2.75) is 0 Å². The molecule has 0 aliphatic heterocycles. The van der Waals surface area contributed by atoms with Crippen molar-refractivity contribution in [3.63, 3.8) is 0 Å². The second kappa shape index (κ2) is 10.8. The summed E-state index contributed by atoms with van der Waals surface area (Å²) in [5.74, 6) is 0. The third-order valence-electron chi connectivity index (χ3n) is 1.33. The standard InChI is InChI=1S/C7H7.C5H5.W/c1-2-4-6-7-5-3-1;1-2-4-5-3-1;/h1-7H;1-5H;. The van der Waals surface area contributed by atoms with Gasteiger partial charge in [0.05, 0.1) is 0 Å². The molecule has 2 fully saturated rings. The Labute approximate surface area is 98.1 Å². The summed E-state index contributed by atoms with van der Waals surface area (Å²) in [6.45, 7) is 0. The van der Waals surface area contributed by atoms with Gasteiger partial charge in [0.15, 0.2) is 0 Å². The van der Waals surface area contributed by atoms with E-state index in [0.717, 1.165) is 0 Å². The predicted octanol–water partition coefficient (Wildman–Crippen LogP) is 2.45. The van der Waals surface area contributed by atoms with Gasteiger partial charge in [0.2, 0.25) is 0 Å². The summed E-state index contributed by atoms with van der Waals surface area (Å²) in [5.41, 5.74) is 0. The Morgan fingerprint density at radius 2 is 0.308 bits per heavy atom. The molecule has 2 aliphatic rings. The van der Waals surface area contributed by atoms with Gasteiger partial charge in [-0.05, 0) is 77.0 Å². The molecule has 0 unspecified atom stereocenters. The van der Waals surface area contributed by atoms with Crippen molar-refractivity contribution in [3.8, 4) is 0 Å². The molecule has 2 aliphatic carbocycles. The summed E-state index contributed by atoms with van der Waals surface area (Å²) >= 11 is 0. The van der Waals surface area contributed by atoms with E-state index in [0.29, 0.717) is 0 Å². The summed E-state index contributed by atoms with van der Waals surface area (Å²) in [5, 5.41) is 0. The van der Waals surface area contributed by atoms with Gasteiger partial charge in [0, 0.05) is 21.1 Å². The van der Waals surface area contributed by atoms with E-state index >= 15 is 0 Å². The predicted molar refractivity (Wildman–Crippen MR) is 51.6 cm³/mol. The average molecular weight is 340 g/mol. The zero-order valence-electron chi connectivity index (χ0n) is 7.34. The fraction of sp³-hybridized carbons (Fsp3) is 0. The van der Waals surface area contributed by atoms with Gasteiger partial charge in [-0.1, -0.05) is 0 Å². The molecule has 2 saturated carbocycles. The molecule has 0 nitrogen and oxygen atoms in total. The van der Waals surface area contributed by atoms with Crippen molar-refractivity contribution in [3.05, 3.63) is 77.0 Å². The Morgan fingerprint density at radius 3 is 0.385 bits per heavy atom. The molecule has 1 heteroatoms. The minimum atomic E-state index is 0. The molecule has 66 valence electrons. The van der Waals surface area contributed by atoms with Gasteiger partial charge in [-0.3, -0.25) is 0 Å². The van der Waals surface area contributed by atoms with Gasteiger partial charge in [-0.25, -0.2) is 0 Å². The van der Waals surface area contributed by atoms with Gasteiger partial charge in [-0.2, -0.15) is 0 Å². The summed E-state index contributed by atoms with van der Waals surface area (Å²) < 4.78 is 0. The molecule has 0 N–H and O–H groups in total. The van der Waals surface area contributed by atoms with E-state index in [9.17, 15) is 0 Å². The van der Waals surface area contributed by atoms with E-state index < -0.39 is 0 Å². The van der Waals surface area contributed by atoms with Crippen LogP contribution in [0.5, 0.6) is 0 Å². The van der Waals surface area contributed by atoms with Crippen LogP contribution in [0.1, 0.15) is 0 Å². The van der Waals surface area contributed by atoms with Crippen LogP contribution >= 0.6 is 0 Å². The van der Waals surface area contributed by atoms with Crippen molar-refractivity contribution < 1.29 is 21.1 Å². The molecule has 0 atom stereocenters. The molecule has 2 rings (SSSR count). The normalized spacial score (nSPS) is 22.2. The van der Waals surface area contributed by atoms with Crippen LogP contribution in [0.2, 0.25) is 0 Å². The minimum absolute atomic E-state index is 0. The van der Waals surface area contributed by atoms with Crippen LogP contribution in [0.4, 0.5) is 0 Å². The van der Waals surface area contributed by atoms with Gasteiger partial charge in [0.1, 0.15) is 0 Å². The van der Waals surface area contributed by atoms with E-state index in [1.165, 1.54) is 0 Å². The molecule has 0 aromatic carbocycles. The Morgan fingerprint density at radius 1 is 0.231 bits per heavy atom. The fourth-order valence-corrected chi connectivity index (χ4v) is 0.770. The molecular formula is C12H12W. The van der Waals surface area contributed by atoms with Crippen LogP contribution < -0.4 is 0 Å². The van der Waals surface area contributed by atoms with Crippen LogP contribution in [0.3, 0.4) is 0 Å². The van der Waals surface area contributed by atoms with Gasteiger partial charge >= 0.3 is 0 Å². The second-order valence-corrected chi connectivity index (χ2v) is 2.31. The first kappa shape index (κ1) is 13.7. The molecule has 0 aromatic rings. The molecule has 0 saturated heterocycles. The van der Waals surface area contributed by atoms with Crippen molar-refractivity contribution in [1.29, 1.82) is 0 Å². The van der Waals surface area contributed by atoms with E-state index in [2.05, 4.69) is 0 Å². The first-order valence-corrected chi connectivity index (χ1v) is 4.00. The monoisotopic (exact) mass is 340 g/mol. The minimum Gasteiger partial charge on any atom is -0.0312 e. The zero-order valence-corrected chi connectivity index (χ0v) is 10.3. The Kier molecular flexibility index (Phi) is 11.3. The van der Waals surface area contributed by atoms with Crippen molar-refractivity contribution in [2.75, 3.05) is 0 Å². The first-order chi connectivity index (χ1) is 6.00. The van der Waals surface area contributed by atoms with Crippen molar-refractivity contribution in [1.82, 2.24) is 0 Å². The van der Waals surface area contributed by atoms with Crippen LogP contribution in [0.25, 0.3) is 0 Å². The van der Waals surface area contributed by atoms with Crippen molar-refractivity contribution >= 4 is 0 Å². The average Bonchev–Trinajstić information content (AvgIpc) is 2.54. The Bertz CT molecular complexity index is 59.9. The molecule has 0 aromatic heterocycles. The fourth-order valence-electron chi connectivity index (χ4n) is 0.770. The summed E-state index contributed by atoms with van der Waals surface area (Å²) in [6.07, 6.45) is 24.0. The van der Waals surface area contributed by atoms with Gasteiger partial charge in [0.25, 0.3) is 0 Å². The summed E-state index contributed by atoms with van der Waals surface area (Å²) in [4.78, 5) is 0. The molecule has 0 amide bonds. The van der Waals surface area contributed by atoms with Crippen LogP contribution in [0.15, 0.2) is 0 Å². The molecule has 0 heterocycles. The van der Waals surface area contributed by atoms with Crippen LogP contribution in [-0.4, -0.2) is 0 Å². The number of rotatable bonds is 0. The zero-order chi connectivity index (χ0) is 8.49. The van der Waals surface area contributed by atoms with Crippen LogP contribution in [0, 0.1) is 77.0 Å².